The van der Waals surface area contributed by atoms with E-state index >= 15 is 0 Å². The van der Waals surface area contributed by atoms with Crippen molar-refractivity contribution in [2.45, 2.75) is 17.9 Å². The van der Waals surface area contributed by atoms with Crippen molar-refractivity contribution in [1.82, 2.24) is 4.72 Å². The number of nitrogens with one attached hydrogen (secondary N) is 2. The fraction of sp³-hybridized carbons (Fsp3) is 0.278. The predicted octanol–water partition coefficient (Wildman–Crippen LogP) is 2.46. The van der Waals surface area contributed by atoms with Crippen molar-refractivity contribution >= 4 is 49.1 Å². The van der Waals surface area contributed by atoms with Crippen LogP contribution in [0.2, 0.25) is 5.02 Å². The summed E-state index contributed by atoms with van der Waals surface area (Å²) in [5.41, 5.74) is 0.105. The molecule has 32 heavy (non-hydrogen) atoms. The second-order valence-corrected chi connectivity index (χ2v) is 11.1. The molecule has 1 amide bonds. The van der Waals surface area contributed by atoms with Crippen LogP contribution in [0.4, 0.5) is 20.6 Å². The van der Waals surface area contributed by atoms with E-state index in [4.69, 9.17) is 21.4 Å². The zero-order valence-electron chi connectivity index (χ0n) is 16.6. The molecule has 0 radical (unpaired) electrons. The highest BCUT2D eigenvalue weighted by molar-refractivity contribution is 7.92. The summed E-state index contributed by atoms with van der Waals surface area (Å²) in [7, 11) is -7.87. The fourth-order valence-corrected chi connectivity index (χ4v) is 5.35. The molecule has 10 nitrogen and oxygen atoms in total. The number of hydrogen-bond donors (Lipinski definition) is 3. The van der Waals surface area contributed by atoms with E-state index in [1.54, 1.807) is 0 Å². The van der Waals surface area contributed by atoms with Crippen LogP contribution in [0.5, 0.6) is 5.75 Å². The number of rotatable bonds is 7. The van der Waals surface area contributed by atoms with Crippen molar-refractivity contribution in [3.63, 3.8) is 0 Å². The average molecular weight is 508 g/mol. The monoisotopic (exact) mass is 507 g/mol. The molecular formula is C18H19ClFN3O7S2. The quantitative estimate of drug-likeness (QED) is 0.522. The van der Waals surface area contributed by atoms with Crippen molar-refractivity contribution in [3.8, 4) is 5.75 Å². The zero-order valence-corrected chi connectivity index (χ0v) is 19.0. The molecule has 0 saturated heterocycles. The van der Waals surface area contributed by atoms with E-state index < -0.39 is 43.1 Å². The molecule has 0 spiro atoms. The lowest BCUT2D eigenvalue weighted by Crippen LogP contribution is -2.48. The van der Waals surface area contributed by atoms with Gasteiger partial charge in [0.05, 0.1) is 27.9 Å². The molecule has 3 N–H and O–H groups in total. The maximum atomic E-state index is 13.6. The molecule has 3 rings (SSSR count). The minimum atomic E-state index is -4.30. The Bertz CT molecular complexity index is 1260. The lowest BCUT2D eigenvalue weighted by atomic mass is 10.2. The van der Waals surface area contributed by atoms with E-state index in [0.717, 1.165) is 22.5 Å². The molecule has 0 saturated carbocycles. The lowest BCUT2D eigenvalue weighted by molar-refractivity contribution is 0.203. The van der Waals surface area contributed by atoms with Crippen molar-refractivity contribution in [3.05, 3.63) is 47.2 Å². The molecule has 1 heterocycles. The predicted molar refractivity (Wildman–Crippen MR) is 116 cm³/mol. The Morgan fingerprint density at radius 2 is 1.97 bits per heavy atom. The first kappa shape index (κ1) is 24.0. The Morgan fingerprint density at radius 1 is 1.25 bits per heavy atom. The van der Waals surface area contributed by atoms with Crippen molar-refractivity contribution in [1.29, 1.82) is 0 Å². The van der Waals surface area contributed by atoms with E-state index in [9.17, 15) is 26.0 Å². The third-order valence-electron chi connectivity index (χ3n) is 4.53. The largest absolute Gasteiger partial charge is 0.485 e. The third kappa shape index (κ3) is 5.23. The molecule has 14 heteroatoms. The van der Waals surface area contributed by atoms with Crippen LogP contribution in [0.15, 0.2) is 41.3 Å². The average Bonchev–Trinajstić information content (AvgIpc) is 2.73. The number of nitrogens with zero attached hydrogens (tertiary/aromatic N) is 1. The van der Waals surface area contributed by atoms with E-state index in [2.05, 4.69) is 10.0 Å². The van der Waals surface area contributed by atoms with Crippen molar-refractivity contribution in [2.75, 3.05) is 28.5 Å². The standard InChI is InChI=1S/C18H19ClFN3O7S2/c1-2-31(26,27)21-9-12-10-23(32(28,29)13-4-5-15(20)14(19)8-13)16-7-11(22-18(24)25)3-6-17(16)30-12/h3-8,12,21-22H,2,9-10H2,1H3,(H,24,25). The highest BCUT2D eigenvalue weighted by atomic mass is 35.5. The van der Waals surface area contributed by atoms with Gasteiger partial charge in [0.25, 0.3) is 10.0 Å². The molecule has 0 fully saturated rings. The van der Waals surface area contributed by atoms with Gasteiger partial charge in [0.1, 0.15) is 17.7 Å². The Hall–Kier alpha value is -2.61. The summed E-state index contributed by atoms with van der Waals surface area (Å²) in [4.78, 5) is 10.7. The number of halogens is 2. The number of anilines is 2. The first-order valence-electron chi connectivity index (χ1n) is 9.18. The number of amides is 1. The Morgan fingerprint density at radius 3 is 2.59 bits per heavy atom. The summed E-state index contributed by atoms with van der Waals surface area (Å²) < 4.78 is 72.9. The van der Waals surface area contributed by atoms with Gasteiger partial charge < -0.3 is 9.84 Å². The second-order valence-electron chi connectivity index (χ2n) is 6.72. The van der Waals surface area contributed by atoms with Gasteiger partial charge >= 0.3 is 6.09 Å². The van der Waals surface area contributed by atoms with Gasteiger partial charge in [0, 0.05) is 12.2 Å². The normalized spacial score (nSPS) is 16.2. The van der Waals surface area contributed by atoms with E-state index in [1.807, 2.05) is 0 Å². The number of fused-ring (bicyclic) bond motifs is 1. The Balaban J connectivity index is 2.04. The lowest BCUT2D eigenvalue weighted by Gasteiger charge is -2.35. The first-order chi connectivity index (χ1) is 14.9. The van der Waals surface area contributed by atoms with Gasteiger partial charge in [-0.3, -0.25) is 9.62 Å². The molecular weight excluding hydrogens is 489 g/mol. The molecule has 174 valence electrons. The minimum Gasteiger partial charge on any atom is -0.485 e. The number of hydrogen-bond acceptors (Lipinski definition) is 6. The van der Waals surface area contributed by atoms with Gasteiger partial charge in [0.15, 0.2) is 0 Å². The van der Waals surface area contributed by atoms with E-state index in [1.165, 1.54) is 25.1 Å². The van der Waals surface area contributed by atoms with Crippen LogP contribution in [-0.2, 0) is 20.0 Å². The number of ether oxygens (including phenoxy) is 1. The van der Waals surface area contributed by atoms with Crippen molar-refractivity contribution < 1.29 is 35.9 Å². The first-order valence-corrected chi connectivity index (χ1v) is 12.7. The van der Waals surface area contributed by atoms with Crippen LogP contribution in [0.3, 0.4) is 0 Å². The van der Waals surface area contributed by atoms with Gasteiger partial charge in [0.2, 0.25) is 10.0 Å². The van der Waals surface area contributed by atoms with Gasteiger partial charge in [-0.05, 0) is 43.3 Å². The molecule has 0 aromatic heterocycles. The SMILES string of the molecule is CCS(=O)(=O)NCC1CN(S(=O)(=O)c2ccc(F)c(Cl)c2)c2cc(NC(=O)O)ccc2O1. The number of carbonyl (C=O) groups is 1. The highest BCUT2D eigenvalue weighted by Crippen LogP contribution is 2.39. The molecule has 1 aliphatic rings. The van der Waals surface area contributed by atoms with Gasteiger partial charge in [-0.1, -0.05) is 11.6 Å². The summed E-state index contributed by atoms with van der Waals surface area (Å²) in [6.07, 6.45) is -2.25. The minimum absolute atomic E-state index is 0.0197. The van der Waals surface area contributed by atoms with E-state index in [-0.39, 0.29) is 40.9 Å². The number of benzene rings is 2. The molecule has 0 aliphatic carbocycles. The second kappa shape index (κ2) is 9.10. The highest BCUT2D eigenvalue weighted by Gasteiger charge is 2.35. The number of carboxylic acid groups (broad SMARTS) is 1. The van der Waals surface area contributed by atoms with Crippen LogP contribution in [0, 0.1) is 5.82 Å². The molecule has 1 atom stereocenters. The van der Waals surface area contributed by atoms with Crippen LogP contribution >= 0.6 is 11.6 Å². The fourth-order valence-electron chi connectivity index (χ4n) is 2.93. The maximum absolute atomic E-state index is 13.6. The Kier molecular flexibility index (Phi) is 6.83. The maximum Gasteiger partial charge on any atom is 0.409 e. The van der Waals surface area contributed by atoms with Crippen LogP contribution in [0.25, 0.3) is 0 Å². The topological polar surface area (TPSA) is 142 Å². The van der Waals surface area contributed by atoms with Crippen molar-refractivity contribution in [2.24, 2.45) is 0 Å². The van der Waals surface area contributed by atoms with Gasteiger partial charge in [-0.2, -0.15) is 0 Å². The summed E-state index contributed by atoms with van der Waals surface area (Å²) in [5.74, 6) is -0.881. The molecule has 1 aliphatic heterocycles. The van der Waals surface area contributed by atoms with Crippen LogP contribution in [0.1, 0.15) is 6.92 Å². The van der Waals surface area contributed by atoms with Crippen LogP contribution < -0.4 is 19.1 Å². The number of sulfonamides is 2. The summed E-state index contributed by atoms with van der Waals surface area (Å²) in [5, 5.41) is 10.7. The van der Waals surface area contributed by atoms with E-state index in [0.29, 0.717) is 0 Å². The van der Waals surface area contributed by atoms with Gasteiger partial charge in [-0.25, -0.2) is 30.7 Å². The Labute approximate surface area is 189 Å². The third-order valence-corrected chi connectivity index (χ3v) is 7.96. The zero-order chi connectivity index (χ0) is 23.7. The molecule has 1 unspecified atom stereocenters. The molecule has 0 bridgehead atoms. The summed E-state index contributed by atoms with van der Waals surface area (Å²) >= 11 is 5.75. The molecule has 2 aromatic carbocycles. The van der Waals surface area contributed by atoms with Crippen LogP contribution in [-0.4, -0.2) is 53.0 Å². The molecule has 2 aromatic rings. The summed E-state index contributed by atoms with van der Waals surface area (Å²) in [6, 6.07) is 6.89. The van der Waals surface area contributed by atoms with Gasteiger partial charge in [-0.15, -0.1) is 0 Å². The smallest absolute Gasteiger partial charge is 0.409 e. The summed E-state index contributed by atoms with van der Waals surface area (Å²) in [6.45, 7) is 0.944.